The summed E-state index contributed by atoms with van der Waals surface area (Å²) in [5.41, 5.74) is 3.10. The molecule has 84 valence electrons. The third kappa shape index (κ3) is 2.14. The van der Waals surface area contributed by atoms with Gasteiger partial charge in [0.1, 0.15) is 6.54 Å². The second-order valence-corrected chi connectivity index (χ2v) is 4.25. The molecule has 0 amide bonds. The van der Waals surface area contributed by atoms with Gasteiger partial charge in [-0.1, -0.05) is 0 Å². The molecule has 0 aliphatic heterocycles. The molecule has 0 radical (unpaired) electrons. The number of nitrogens with zero attached hydrogens (tertiary/aromatic N) is 2. The van der Waals surface area contributed by atoms with Gasteiger partial charge in [-0.3, -0.25) is 10.1 Å². The number of hydrogen-bond acceptors (Lipinski definition) is 4. The molecule has 0 fully saturated rings. The lowest BCUT2D eigenvalue weighted by atomic mass is 10.2. The quantitative estimate of drug-likeness (QED) is 0.656. The second-order valence-electron chi connectivity index (χ2n) is 3.47. The maximum atomic E-state index is 7.47. The minimum Gasteiger partial charge on any atom is -0.483 e. The lowest BCUT2D eigenvalue weighted by molar-refractivity contribution is 0.376. The highest BCUT2D eigenvalue weighted by Gasteiger charge is 2.08. The fourth-order valence-corrected chi connectivity index (χ4v) is 2.07. The summed E-state index contributed by atoms with van der Waals surface area (Å²) in [6.45, 7) is 2.36. The molecular weight excluding hydrogens is 222 g/mol. The number of methoxy groups -OCH3 is 1. The van der Waals surface area contributed by atoms with Gasteiger partial charge in [0.05, 0.1) is 12.8 Å². The van der Waals surface area contributed by atoms with Crippen molar-refractivity contribution in [3.63, 3.8) is 0 Å². The highest BCUT2D eigenvalue weighted by molar-refractivity contribution is 7.08. The van der Waals surface area contributed by atoms with Crippen molar-refractivity contribution in [2.75, 3.05) is 7.11 Å². The molecule has 2 aromatic heterocycles. The molecule has 0 spiro atoms. The Bertz CT molecular complexity index is 487. The Balaban J connectivity index is 2.25. The Morgan fingerprint density at radius 1 is 1.62 bits per heavy atom. The van der Waals surface area contributed by atoms with Gasteiger partial charge in [-0.2, -0.15) is 16.4 Å². The third-order valence-corrected chi connectivity index (χ3v) is 3.02. The van der Waals surface area contributed by atoms with E-state index in [4.69, 9.17) is 10.1 Å². The van der Waals surface area contributed by atoms with Crippen LogP contribution in [0.4, 0.5) is 0 Å². The molecule has 0 aliphatic carbocycles. The van der Waals surface area contributed by atoms with Crippen LogP contribution in [-0.2, 0) is 11.3 Å². The first-order valence-corrected chi connectivity index (χ1v) is 5.83. The largest absolute Gasteiger partial charge is 0.483 e. The molecule has 0 unspecified atom stereocenters. The molecule has 0 atom stereocenters. The Morgan fingerprint density at radius 2 is 2.44 bits per heavy atom. The molecule has 5 heteroatoms. The maximum Gasteiger partial charge on any atom is 0.202 e. The van der Waals surface area contributed by atoms with E-state index in [1.54, 1.807) is 16.0 Å². The van der Waals surface area contributed by atoms with Crippen LogP contribution >= 0.6 is 11.3 Å². The van der Waals surface area contributed by atoms with Crippen molar-refractivity contribution in [2.45, 2.75) is 13.5 Å². The first-order valence-electron chi connectivity index (χ1n) is 4.89. The van der Waals surface area contributed by atoms with Crippen LogP contribution in [0.2, 0.25) is 0 Å². The molecule has 0 bridgehead atoms. The first kappa shape index (κ1) is 10.9. The topological polar surface area (TPSA) is 50.9 Å². The number of rotatable bonds is 3. The number of hydrogen-bond donors (Lipinski definition) is 1. The Hall–Kier alpha value is -1.62. The smallest absolute Gasteiger partial charge is 0.202 e. The Morgan fingerprint density at radius 3 is 3.06 bits per heavy atom. The van der Waals surface area contributed by atoms with Gasteiger partial charge in [0.15, 0.2) is 0 Å². The van der Waals surface area contributed by atoms with Gasteiger partial charge >= 0.3 is 0 Å². The van der Waals surface area contributed by atoms with E-state index in [9.17, 15) is 0 Å². The van der Waals surface area contributed by atoms with Gasteiger partial charge in [-0.25, -0.2) is 0 Å². The van der Waals surface area contributed by atoms with Crippen molar-refractivity contribution in [2.24, 2.45) is 0 Å². The fraction of sp³-hybridized carbons (Fsp3) is 0.273. The van der Waals surface area contributed by atoms with Crippen LogP contribution in [0.5, 0.6) is 0 Å². The average molecular weight is 235 g/mol. The van der Waals surface area contributed by atoms with E-state index in [-0.39, 0.29) is 5.90 Å². The molecule has 0 aliphatic rings. The summed E-state index contributed by atoms with van der Waals surface area (Å²) in [7, 11) is 1.50. The molecule has 16 heavy (non-hydrogen) atoms. The van der Waals surface area contributed by atoms with Crippen molar-refractivity contribution in [1.82, 2.24) is 9.78 Å². The van der Waals surface area contributed by atoms with E-state index in [0.29, 0.717) is 6.54 Å². The van der Waals surface area contributed by atoms with E-state index < -0.39 is 0 Å². The summed E-state index contributed by atoms with van der Waals surface area (Å²) in [4.78, 5) is 0. The molecule has 1 N–H and O–H groups in total. The molecular formula is C11H13N3OS. The summed E-state index contributed by atoms with van der Waals surface area (Å²) in [5.74, 6) is 0.211. The third-order valence-electron chi connectivity index (χ3n) is 2.34. The van der Waals surface area contributed by atoms with E-state index in [1.807, 2.05) is 24.4 Å². The van der Waals surface area contributed by atoms with Crippen LogP contribution in [0.1, 0.15) is 5.69 Å². The standard InChI is InChI=1S/C11H13N3OS/c1-8-5-10(9-3-4-16-7-9)13-14(8)6-11(12)15-2/h3-5,7,12H,6H2,1-2H3. The fourth-order valence-electron chi connectivity index (χ4n) is 1.42. The van der Waals surface area contributed by atoms with Crippen LogP contribution in [0.15, 0.2) is 22.9 Å². The van der Waals surface area contributed by atoms with E-state index >= 15 is 0 Å². The van der Waals surface area contributed by atoms with Crippen molar-refractivity contribution >= 4 is 17.2 Å². The summed E-state index contributed by atoms with van der Waals surface area (Å²) < 4.78 is 6.61. The molecule has 2 aromatic rings. The van der Waals surface area contributed by atoms with Gasteiger partial charge in [0.25, 0.3) is 0 Å². The highest BCUT2D eigenvalue weighted by Crippen LogP contribution is 2.21. The van der Waals surface area contributed by atoms with Crippen molar-refractivity contribution < 1.29 is 4.74 Å². The van der Waals surface area contributed by atoms with Crippen LogP contribution in [0, 0.1) is 12.3 Å². The minimum absolute atomic E-state index is 0.211. The van der Waals surface area contributed by atoms with Gasteiger partial charge in [-0.15, -0.1) is 0 Å². The summed E-state index contributed by atoms with van der Waals surface area (Å²) in [5, 5.41) is 16.0. The predicted molar refractivity (Wildman–Crippen MR) is 65.0 cm³/mol. The van der Waals surface area contributed by atoms with Gasteiger partial charge < -0.3 is 4.74 Å². The van der Waals surface area contributed by atoms with Crippen molar-refractivity contribution in [1.29, 1.82) is 5.41 Å². The van der Waals surface area contributed by atoms with Crippen molar-refractivity contribution in [3.05, 3.63) is 28.6 Å². The van der Waals surface area contributed by atoms with Crippen LogP contribution < -0.4 is 0 Å². The van der Waals surface area contributed by atoms with Crippen LogP contribution in [0.3, 0.4) is 0 Å². The van der Waals surface area contributed by atoms with Gasteiger partial charge in [-0.05, 0) is 24.4 Å². The van der Waals surface area contributed by atoms with Crippen LogP contribution in [-0.4, -0.2) is 22.8 Å². The summed E-state index contributed by atoms with van der Waals surface area (Å²) >= 11 is 1.65. The number of aromatic nitrogens is 2. The molecule has 4 nitrogen and oxygen atoms in total. The molecule has 0 saturated carbocycles. The van der Waals surface area contributed by atoms with Crippen molar-refractivity contribution in [3.8, 4) is 11.3 Å². The van der Waals surface area contributed by atoms with Gasteiger partial charge in [0, 0.05) is 16.6 Å². The lowest BCUT2D eigenvalue weighted by Crippen LogP contribution is -2.13. The minimum atomic E-state index is 0.211. The van der Waals surface area contributed by atoms with Gasteiger partial charge in [0.2, 0.25) is 5.90 Å². The highest BCUT2D eigenvalue weighted by atomic mass is 32.1. The molecule has 0 saturated heterocycles. The Kier molecular flexibility index (Phi) is 3.05. The van der Waals surface area contributed by atoms with E-state index in [2.05, 4.69) is 10.5 Å². The Labute approximate surface area is 98.0 Å². The predicted octanol–water partition coefficient (Wildman–Crippen LogP) is 2.54. The number of aryl methyl sites for hydroxylation is 1. The first-order chi connectivity index (χ1) is 7.70. The SMILES string of the molecule is COC(=N)Cn1nc(-c2ccsc2)cc1C. The summed E-state index contributed by atoms with van der Waals surface area (Å²) in [6.07, 6.45) is 0. The number of nitrogens with one attached hydrogen (secondary N) is 1. The average Bonchev–Trinajstić information content (AvgIpc) is 2.88. The van der Waals surface area contributed by atoms with E-state index in [0.717, 1.165) is 17.0 Å². The number of thiophene rings is 1. The lowest BCUT2D eigenvalue weighted by Gasteiger charge is -2.03. The normalized spacial score (nSPS) is 10.4. The second kappa shape index (κ2) is 4.49. The zero-order valence-corrected chi connectivity index (χ0v) is 10.0. The van der Waals surface area contributed by atoms with E-state index in [1.165, 1.54) is 7.11 Å². The molecule has 2 heterocycles. The van der Waals surface area contributed by atoms with Crippen LogP contribution in [0.25, 0.3) is 11.3 Å². The maximum absolute atomic E-state index is 7.47. The molecule has 2 rings (SSSR count). The zero-order valence-electron chi connectivity index (χ0n) is 9.23. The monoisotopic (exact) mass is 235 g/mol. The summed E-state index contributed by atoms with van der Waals surface area (Å²) in [6, 6.07) is 4.06. The zero-order chi connectivity index (χ0) is 11.5. The number of ether oxygens (including phenoxy) is 1. The molecule has 0 aromatic carbocycles.